The van der Waals surface area contributed by atoms with E-state index in [1.165, 1.54) is 0 Å². The van der Waals surface area contributed by atoms with Crippen LogP contribution in [-0.4, -0.2) is 27.9 Å². The first-order valence-electron chi connectivity index (χ1n) is 8.89. The highest BCUT2D eigenvalue weighted by molar-refractivity contribution is 6.02. The quantitative estimate of drug-likeness (QED) is 0.430. The van der Waals surface area contributed by atoms with Gasteiger partial charge in [0.25, 0.3) is 0 Å². The van der Waals surface area contributed by atoms with E-state index in [2.05, 4.69) is 4.98 Å². The molecule has 0 aliphatic rings. The average Bonchev–Trinajstić information content (AvgIpc) is 2.70. The molecular formula is C22H21N3O3. The van der Waals surface area contributed by atoms with E-state index >= 15 is 0 Å². The van der Waals surface area contributed by atoms with E-state index in [1.54, 1.807) is 6.07 Å². The fraction of sp³-hybridized carbons (Fsp3) is 0.136. The third kappa shape index (κ3) is 4.61. The largest absolute Gasteiger partial charge is 0.481 e. The van der Waals surface area contributed by atoms with Crippen LogP contribution in [0.3, 0.4) is 0 Å². The summed E-state index contributed by atoms with van der Waals surface area (Å²) >= 11 is 0. The molecule has 6 heteroatoms. The fourth-order valence-corrected chi connectivity index (χ4v) is 2.86. The number of nitrogens with two attached hydrogens (primary N) is 2. The van der Waals surface area contributed by atoms with Crippen LogP contribution >= 0.6 is 0 Å². The Labute approximate surface area is 162 Å². The Kier molecular flexibility index (Phi) is 5.81. The number of aromatic nitrogens is 1. The van der Waals surface area contributed by atoms with Gasteiger partial charge in [-0.1, -0.05) is 42.5 Å². The normalized spacial score (nSPS) is 12.3. The molecule has 1 heterocycles. The molecule has 3 aromatic rings. The van der Waals surface area contributed by atoms with Crippen LogP contribution < -0.4 is 11.5 Å². The molecule has 0 saturated carbocycles. The topological polar surface area (TPSA) is 119 Å². The third-order valence-electron chi connectivity index (χ3n) is 4.40. The van der Waals surface area contributed by atoms with E-state index in [0.29, 0.717) is 11.2 Å². The van der Waals surface area contributed by atoms with Crippen molar-refractivity contribution in [2.24, 2.45) is 5.73 Å². The van der Waals surface area contributed by atoms with E-state index < -0.39 is 12.0 Å². The lowest BCUT2D eigenvalue weighted by Crippen LogP contribution is -2.31. The first kappa shape index (κ1) is 19.3. The average molecular weight is 375 g/mol. The molecule has 0 radical (unpaired) electrons. The first-order valence-corrected chi connectivity index (χ1v) is 8.89. The number of aliphatic carboxylic acids is 1. The van der Waals surface area contributed by atoms with Crippen LogP contribution in [0.15, 0.2) is 54.6 Å². The van der Waals surface area contributed by atoms with Crippen molar-refractivity contribution in [2.45, 2.75) is 18.9 Å². The van der Waals surface area contributed by atoms with Crippen molar-refractivity contribution >= 4 is 40.5 Å². The number of hydrogen-bond donors (Lipinski definition) is 3. The third-order valence-corrected chi connectivity index (χ3v) is 4.40. The zero-order valence-electron chi connectivity index (χ0n) is 15.2. The number of ketones is 1. The standard InChI is InChI=1S/C22H21N3O3/c23-16-9-6-14(7-10-16)5-8-15-13-20(22(28)18(24)11-12-21(26)27)25-19-4-2-1-3-17(15)19/h1-10,13,18H,11-12,23-24H2,(H,26,27). The molecule has 0 aliphatic carbocycles. The number of nitrogens with zero attached hydrogens (tertiary/aromatic N) is 1. The number of benzene rings is 2. The van der Waals surface area contributed by atoms with Gasteiger partial charge in [-0.3, -0.25) is 9.59 Å². The lowest BCUT2D eigenvalue weighted by atomic mass is 10.0. The van der Waals surface area contributed by atoms with E-state index in [4.69, 9.17) is 16.6 Å². The molecule has 1 unspecified atom stereocenters. The minimum Gasteiger partial charge on any atom is -0.481 e. The minimum absolute atomic E-state index is 0.0687. The van der Waals surface area contributed by atoms with Crippen molar-refractivity contribution in [3.63, 3.8) is 0 Å². The molecule has 0 saturated heterocycles. The summed E-state index contributed by atoms with van der Waals surface area (Å²) in [5.74, 6) is -1.35. The van der Waals surface area contributed by atoms with Crippen LogP contribution in [0.1, 0.15) is 34.5 Å². The van der Waals surface area contributed by atoms with Gasteiger partial charge in [-0.25, -0.2) is 4.98 Å². The Morgan fingerprint density at radius 3 is 2.50 bits per heavy atom. The molecule has 28 heavy (non-hydrogen) atoms. The van der Waals surface area contributed by atoms with E-state index in [-0.39, 0.29) is 24.3 Å². The molecule has 1 atom stereocenters. The molecule has 0 bridgehead atoms. The molecule has 2 aromatic carbocycles. The second-order valence-electron chi connectivity index (χ2n) is 6.52. The number of para-hydroxylation sites is 1. The minimum atomic E-state index is -0.984. The van der Waals surface area contributed by atoms with Gasteiger partial charge in [0.2, 0.25) is 0 Å². The fourth-order valence-electron chi connectivity index (χ4n) is 2.86. The Morgan fingerprint density at radius 2 is 1.79 bits per heavy atom. The summed E-state index contributed by atoms with van der Waals surface area (Å²) in [7, 11) is 0. The highest BCUT2D eigenvalue weighted by Gasteiger charge is 2.19. The number of nitrogen functional groups attached to an aromatic ring is 1. The Balaban J connectivity index is 1.96. The van der Waals surface area contributed by atoms with Gasteiger partial charge in [-0.2, -0.15) is 0 Å². The molecule has 1 aromatic heterocycles. The van der Waals surface area contributed by atoms with Crippen LogP contribution in [0.25, 0.3) is 23.1 Å². The van der Waals surface area contributed by atoms with Crippen molar-refractivity contribution in [3.05, 3.63) is 71.4 Å². The van der Waals surface area contributed by atoms with E-state index in [0.717, 1.165) is 16.5 Å². The molecule has 3 rings (SSSR count). The second kappa shape index (κ2) is 8.45. The SMILES string of the molecule is Nc1ccc(C=Cc2cc(C(=O)C(N)CCC(=O)O)nc3ccccc23)cc1. The number of rotatable bonds is 7. The van der Waals surface area contributed by atoms with Gasteiger partial charge < -0.3 is 16.6 Å². The summed E-state index contributed by atoms with van der Waals surface area (Å²) in [5.41, 5.74) is 15.0. The summed E-state index contributed by atoms with van der Waals surface area (Å²) in [6.45, 7) is 0. The number of fused-ring (bicyclic) bond motifs is 1. The van der Waals surface area contributed by atoms with Gasteiger partial charge in [0.05, 0.1) is 11.6 Å². The zero-order chi connectivity index (χ0) is 20.1. The maximum absolute atomic E-state index is 12.6. The summed E-state index contributed by atoms with van der Waals surface area (Å²) in [6.07, 6.45) is 3.75. The Morgan fingerprint density at radius 1 is 1.07 bits per heavy atom. The number of hydrogen-bond acceptors (Lipinski definition) is 5. The summed E-state index contributed by atoms with van der Waals surface area (Å²) in [6, 6.07) is 15.8. The lowest BCUT2D eigenvalue weighted by molar-refractivity contribution is -0.137. The summed E-state index contributed by atoms with van der Waals surface area (Å²) in [4.78, 5) is 27.8. The highest BCUT2D eigenvalue weighted by Crippen LogP contribution is 2.22. The van der Waals surface area contributed by atoms with Crippen molar-refractivity contribution < 1.29 is 14.7 Å². The number of anilines is 1. The number of carboxylic acid groups (broad SMARTS) is 1. The molecule has 0 aliphatic heterocycles. The predicted molar refractivity (Wildman–Crippen MR) is 111 cm³/mol. The van der Waals surface area contributed by atoms with Crippen molar-refractivity contribution in [3.8, 4) is 0 Å². The van der Waals surface area contributed by atoms with Crippen molar-refractivity contribution in [1.82, 2.24) is 4.98 Å². The van der Waals surface area contributed by atoms with Gasteiger partial charge in [0, 0.05) is 17.5 Å². The maximum Gasteiger partial charge on any atom is 0.303 e. The van der Waals surface area contributed by atoms with Crippen molar-refractivity contribution in [1.29, 1.82) is 0 Å². The number of carboxylic acids is 1. The number of pyridine rings is 1. The van der Waals surface area contributed by atoms with Gasteiger partial charge in [0.15, 0.2) is 5.78 Å². The van der Waals surface area contributed by atoms with Crippen LogP contribution in [0.2, 0.25) is 0 Å². The number of Topliss-reactive ketones (excluding diaryl/α,β-unsaturated/α-hetero) is 1. The van der Waals surface area contributed by atoms with Crippen LogP contribution in [-0.2, 0) is 4.79 Å². The van der Waals surface area contributed by atoms with Gasteiger partial charge >= 0.3 is 5.97 Å². The van der Waals surface area contributed by atoms with Gasteiger partial charge in [-0.15, -0.1) is 0 Å². The van der Waals surface area contributed by atoms with Crippen LogP contribution in [0, 0.1) is 0 Å². The Bertz CT molecular complexity index is 1040. The highest BCUT2D eigenvalue weighted by atomic mass is 16.4. The molecule has 0 amide bonds. The predicted octanol–water partition coefficient (Wildman–Crippen LogP) is 3.36. The second-order valence-corrected chi connectivity index (χ2v) is 6.52. The van der Waals surface area contributed by atoms with E-state index in [1.807, 2.05) is 60.7 Å². The molecule has 5 N–H and O–H groups in total. The molecule has 0 spiro atoms. The van der Waals surface area contributed by atoms with Crippen molar-refractivity contribution in [2.75, 3.05) is 5.73 Å². The van der Waals surface area contributed by atoms with Crippen LogP contribution in [0.4, 0.5) is 5.69 Å². The van der Waals surface area contributed by atoms with E-state index in [9.17, 15) is 9.59 Å². The Hall–Kier alpha value is -3.51. The molecule has 142 valence electrons. The molecule has 6 nitrogen and oxygen atoms in total. The zero-order valence-corrected chi connectivity index (χ0v) is 15.2. The molecule has 0 fully saturated rings. The lowest BCUT2D eigenvalue weighted by Gasteiger charge is -2.11. The maximum atomic E-state index is 12.6. The smallest absolute Gasteiger partial charge is 0.303 e. The monoisotopic (exact) mass is 375 g/mol. The summed E-state index contributed by atoms with van der Waals surface area (Å²) in [5, 5.41) is 9.70. The van der Waals surface area contributed by atoms with Crippen LogP contribution in [0.5, 0.6) is 0 Å². The first-order chi connectivity index (χ1) is 13.4. The summed E-state index contributed by atoms with van der Waals surface area (Å²) < 4.78 is 0. The molecular weight excluding hydrogens is 354 g/mol. The van der Waals surface area contributed by atoms with Gasteiger partial charge in [0.1, 0.15) is 5.69 Å². The number of carbonyl (C=O) groups excluding carboxylic acids is 1. The number of carbonyl (C=O) groups is 2. The van der Waals surface area contributed by atoms with Gasteiger partial charge in [-0.05, 0) is 41.8 Å².